The van der Waals surface area contributed by atoms with Crippen LogP contribution in [-0.4, -0.2) is 55.2 Å². The molecule has 5 nitrogen and oxygen atoms in total. The van der Waals surface area contributed by atoms with Crippen molar-refractivity contribution in [2.75, 3.05) is 33.2 Å². The maximum absolute atomic E-state index is 10.5. The van der Waals surface area contributed by atoms with Gasteiger partial charge in [-0.15, -0.1) is 35.3 Å². The minimum absolute atomic E-state index is 0. The summed E-state index contributed by atoms with van der Waals surface area (Å²) in [7, 11) is 1.78. The van der Waals surface area contributed by atoms with E-state index in [1.54, 1.807) is 18.4 Å². The van der Waals surface area contributed by atoms with Gasteiger partial charge in [-0.25, -0.2) is 0 Å². The van der Waals surface area contributed by atoms with E-state index in [2.05, 4.69) is 45.6 Å². The number of aliphatic hydroxyl groups excluding tert-OH is 1. The van der Waals surface area contributed by atoms with Gasteiger partial charge < -0.3 is 15.7 Å². The zero-order valence-electron chi connectivity index (χ0n) is 16.1. The Hall–Kier alpha value is -0.900. The van der Waals surface area contributed by atoms with Crippen molar-refractivity contribution >= 4 is 51.4 Å². The molecule has 0 aliphatic carbocycles. The molecule has 1 aliphatic rings. The normalized spacial score (nSPS) is 17.5. The highest BCUT2D eigenvalue weighted by Gasteiger charge is 2.20. The quantitative estimate of drug-likeness (QED) is 0.308. The zero-order valence-corrected chi connectivity index (χ0v) is 19.3. The zero-order chi connectivity index (χ0) is 18.4. The Labute approximate surface area is 183 Å². The third kappa shape index (κ3) is 6.04. The molecule has 3 N–H and O–H groups in total. The largest absolute Gasteiger partial charge is 0.386 e. The fraction of sp³-hybridized carbons (Fsp3) is 0.550. The lowest BCUT2D eigenvalue weighted by molar-refractivity contribution is 0.184. The standard InChI is InChI=1S/C20H30N4OS.HI/c1-3-16(24-10-6-7-11-24)13-22-20(21-2)23-14-17(25)19-12-15-8-4-5-9-18(15)26-19;/h4-5,8-9,12,16-17,25H,3,6-7,10-11,13-14H2,1-2H3,(H2,21,22,23);1H. The molecule has 27 heavy (non-hydrogen) atoms. The van der Waals surface area contributed by atoms with Crippen molar-refractivity contribution in [3.63, 3.8) is 0 Å². The summed E-state index contributed by atoms with van der Waals surface area (Å²) in [6.45, 7) is 5.99. The predicted molar refractivity (Wildman–Crippen MR) is 126 cm³/mol. The molecule has 7 heteroatoms. The van der Waals surface area contributed by atoms with Crippen LogP contribution in [0.4, 0.5) is 0 Å². The molecule has 1 saturated heterocycles. The minimum Gasteiger partial charge on any atom is -0.386 e. The number of aliphatic imine (C=N–C) groups is 1. The van der Waals surface area contributed by atoms with Crippen molar-refractivity contribution < 1.29 is 5.11 Å². The summed E-state index contributed by atoms with van der Waals surface area (Å²) >= 11 is 1.65. The Bertz CT molecular complexity index is 697. The topological polar surface area (TPSA) is 59.9 Å². The van der Waals surface area contributed by atoms with E-state index in [1.807, 2.05) is 12.1 Å². The van der Waals surface area contributed by atoms with Gasteiger partial charge in [-0.2, -0.15) is 0 Å². The van der Waals surface area contributed by atoms with Gasteiger partial charge in [0.15, 0.2) is 5.96 Å². The minimum atomic E-state index is -0.536. The second-order valence-corrected chi connectivity index (χ2v) is 7.96. The molecule has 0 bridgehead atoms. The summed E-state index contributed by atoms with van der Waals surface area (Å²) in [5, 5.41) is 18.4. The highest BCUT2D eigenvalue weighted by Crippen LogP contribution is 2.29. The highest BCUT2D eigenvalue weighted by atomic mass is 127. The smallest absolute Gasteiger partial charge is 0.191 e. The number of likely N-dealkylation sites (tertiary alicyclic amines) is 1. The summed E-state index contributed by atoms with van der Waals surface area (Å²) < 4.78 is 1.21. The van der Waals surface area contributed by atoms with Crippen molar-refractivity contribution in [2.24, 2.45) is 4.99 Å². The first kappa shape index (κ1) is 22.4. The van der Waals surface area contributed by atoms with E-state index in [-0.39, 0.29) is 24.0 Å². The number of hydrogen-bond donors (Lipinski definition) is 3. The van der Waals surface area contributed by atoms with Crippen LogP contribution in [0.3, 0.4) is 0 Å². The molecule has 2 unspecified atom stereocenters. The van der Waals surface area contributed by atoms with Crippen molar-refractivity contribution in [1.82, 2.24) is 15.5 Å². The first-order valence-corrected chi connectivity index (χ1v) is 10.4. The van der Waals surface area contributed by atoms with Crippen molar-refractivity contribution in [3.05, 3.63) is 35.2 Å². The van der Waals surface area contributed by atoms with Gasteiger partial charge in [0.1, 0.15) is 6.10 Å². The number of rotatable bonds is 7. The third-order valence-corrected chi connectivity index (χ3v) is 6.31. The lowest BCUT2D eigenvalue weighted by Gasteiger charge is -2.27. The monoisotopic (exact) mass is 502 g/mol. The fourth-order valence-corrected chi connectivity index (χ4v) is 4.58. The number of halogens is 1. The van der Waals surface area contributed by atoms with Crippen molar-refractivity contribution in [2.45, 2.75) is 38.3 Å². The first-order valence-electron chi connectivity index (χ1n) is 9.56. The van der Waals surface area contributed by atoms with Crippen LogP contribution in [0.15, 0.2) is 35.3 Å². The van der Waals surface area contributed by atoms with E-state index >= 15 is 0 Å². The highest BCUT2D eigenvalue weighted by molar-refractivity contribution is 14.0. The average molecular weight is 502 g/mol. The van der Waals surface area contributed by atoms with E-state index in [0.29, 0.717) is 12.6 Å². The number of aliphatic hydroxyl groups is 1. The number of thiophene rings is 1. The molecule has 1 aromatic heterocycles. The van der Waals surface area contributed by atoms with Gasteiger partial charge in [0.25, 0.3) is 0 Å². The van der Waals surface area contributed by atoms with Gasteiger partial charge in [-0.3, -0.25) is 9.89 Å². The SMILES string of the molecule is CCC(CNC(=NC)NCC(O)c1cc2ccccc2s1)N1CCCC1.I. The van der Waals surface area contributed by atoms with E-state index < -0.39 is 6.10 Å². The second-order valence-electron chi connectivity index (χ2n) is 6.84. The summed E-state index contributed by atoms with van der Waals surface area (Å²) in [6.07, 6.45) is 3.22. The van der Waals surface area contributed by atoms with Crippen LogP contribution in [0.1, 0.15) is 37.2 Å². The van der Waals surface area contributed by atoms with Gasteiger partial charge in [0, 0.05) is 35.8 Å². The molecule has 1 fully saturated rings. The maximum Gasteiger partial charge on any atom is 0.191 e. The van der Waals surface area contributed by atoms with Gasteiger partial charge in [0.2, 0.25) is 0 Å². The number of benzene rings is 1. The Kier molecular flexibility index (Phi) is 9.28. The molecule has 2 atom stereocenters. The fourth-order valence-electron chi connectivity index (χ4n) is 3.53. The summed E-state index contributed by atoms with van der Waals surface area (Å²) in [5.41, 5.74) is 0. The van der Waals surface area contributed by atoms with Gasteiger partial charge in [0.05, 0.1) is 0 Å². The Balaban J connectivity index is 0.00000261. The maximum atomic E-state index is 10.5. The molecule has 3 rings (SSSR count). The van der Waals surface area contributed by atoms with Crippen LogP contribution in [0.25, 0.3) is 10.1 Å². The third-order valence-electron chi connectivity index (χ3n) is 5.09. The van der Waals surface area contributed by atoms with Crippen LogP contribution in [0, 0.1) is 0 Å². The predicted octanol–water partition coefficient (Wildman–Crippen LogP) is 3.59. The number of nitrogens with one attached hydrogen (secondary N) is 2. The molecule has 0 spiro atoms. The number of guanidine groups is 1. The molecule has 150 valence electrons. The van der Waals surface area contributed by atoms with Gasteiger partial charge >= 0.3 is 0 Å². The molecule has 0 radical (unpaired) electrons. The summed E-state index contributed by atoms with van der Waals surface area (Å²) in [5.74, 6) is 0.753. The Morgan fingerprint density at radius 3 is 2.59 bits per heavy atom. The van der Waals surface area contributed by atoms with E-state index in [4.69, 9.17) is 0 Å². The molecule has 2 heterocycles. The van der Waals surface area contributed by atoms with Crippen LogP contribution in [0.5, 0.6) is 0 Å². The number of hydrogen-bond acceptors (Lipinski definition) is 4. The van der Waals surface area contributed by atoms with Crippen LogP contribution < -0.4 is 10.6 Å². The summed E-state index contributed by atoms with van der Waals surface area (Å²) in [4.78, 5) is 7.84. The average Bonchev–Trinajstić information content (AvgIpc) is 3.34. The second kappa shape index (κ2) is 11.2. The number of fused-ring (bicyclic) bond motifs is 1. The first-order chi connectivity index (χ1) is 12.7. The van der Waals surface area contributed by atoms with E-state index in [9.17, 15) is 5.11 Å². The van der Waals surface area contributed by atoms with Crippen LogP contribution in [-0.2, 0) is 0 Å². The van der Waals surface area contributed by atoms with E-state index in [0.717, 1.165) is 23.8 Å². The lowest BCUT2D eigenvalue weighted by Crippen LogP contribution is -2.46. The van der Waals surface area contributed by atoms with Gasteiger partial charge in [-0.1, -0.05) is 25.1 Å². The van der Waals surface area contributed by atoms with Crippen molar-refractivity contribution in [1.29, 1.82) is 0 Å². The number of nitrogens with zero attached hydrogens (tertiary/aromatic N) is 2. The lowest BCUT2D eigenvalue weighted by atomic mass is 10.2. The van der Waals surface area contributed by atoms with E-state index in [1.165, 1.54) is 36.0 Å². The van der Waals surface area contributed by atoms with Crippen molar-refractivity contribution in [3.8, 4) is 0 Å². The van der Waals surface area contributed by atoms with Crippen LogP contribution in [0.2, 0.25) is 0 Å². The molecule has 1 aliphatic heterocycles. The molecule has 0 amide bonds. The molecule has 2 aromatic rings. The molecule has 0 saturated carbocycles. The Morgan fingerprint density at radius 2 is 1.93 bits per heavy atom. The molecular formula is C20H31IN4OS. The molecule has 1 aromatic carbocycles. The Morgan fingerprint density at radius 1 is 1.22 bits per heavy atom. The summed E-state index contributed by atoms with van der Waals surface area (Å²) in [6, 6.07) is 10.8. The van der Waals surface area contributed by atoms with Gasteiger partial charge in [-0.05, 0) is 49.9 Å². The van der Waals surface area contributed by atoms with Crippen LogP contribution >= 0.6 is 35.3 Å². The molecular weight excluding hydrogens is 471 g/mol.